The van der Waals surface area contributed by atoms with Gasteiger partial charge in [0.15, 0.2) is 0 Å². The van der Waals surface area contributed by atoms with Crippen molar-refractivity contribution < 1.29 is 14.4 Å². The van der Waals surface area contributed by atoms with Gasteiger partial charge in [-0.1, -0.05) is 29.8 Å². The molecule has 5 heteroatoms. The lowest BCUT2D eigenvalue weighted by molar-refractivity contribution is 0.114. The molecule has 2 rings (SSSR count). The number of anilines is 1. The van der Waals surface area contributed by atoms with Crippen molar-refractivity contribution in [3.05, 3.63) is 59.7 Å². The van der Waals surface area contributed by atoms with Crippen LogP contribution in [0.25, 0.3) is 0 Å². The predicted molar refractivity (Wildman–Crippen MR) is 86.0 cm³/mol. The summed E-state index contributed by atoms with van der Waals surface area (Å²) in [5.41, 5.74) is 5.36. The van der Waals surface area contributed by atoms with Gasteiger partial charge in [-0.05, 0) is 36.8 Å². The number of amides is 2. The fourth-order valence-corrected chi connectivity index (χ4v) is 1.93. The van der Waals surface area contributed by atoms with Gasteiger partial charge in [0, 0.05) is 12.1 Å². The first-order valence-corrected chi connectivity index (χ1v) is 7.06. The van der Waals surface area contributed by atoms with Crippen LogP contribution in [-0.4, -0.2) is 19.7 Å². The minimum Gasteiger partial charge on any atom is -0.493 e. The number of hydroxylamine groups is 1. The van der Waals surface area contributed by atoms with Crippen molar-refractivity contribution in [2.24, 2.45) is 0 Å². The van der Waals surface area contributed by atoms with E-state index in [0.29, 0.717) is 12.3 Å². The van der Waals surface area contributed by atoms with Crippen molar-refractivity contribution >= 4 is 11.7 Å². The maximum absolute atomic E-state index is 11.3. The second-order valence-electron chi connectivity index (χ2n) is 4.87. The highest BCUT2D eigenvalue weighted by Crippen LogP contribution is 2.16. The topological polar surface area (TPSA) is 59.6 Å². The average Bonchev–Trinajstić information content (AvgIpc) is 2.51. The predicted octanol–water partition coefficient (Wildman–Crippen LogP) is 3.30. The van der Waals surface area contributed by atoms with Crippen molar-refractivity contribution in [1.82, 2.24) is 5.48 Å². The molecule has 0 fully saturated rings. The highest BCUT2D eigenvalue weighted by atomic mass is 16.6. The number of hydrogen-bond donors (Lipinski definition) is 2. The molecule has 0 radical (unpaired) electrons. The standard InChI is InChI=1S/C17H20N2O3/c1-13-3-5-14(6-4-13)11-12-22-16-9-7-15(8-10-16)18-17(20)19-21-2/h3-10H,11-12H2,1-2H3,(H2,18,19,20). The second kappa shape index (κ2) is 8.05. The van der Waals surface area contributed by atoms with E-state index < -0.39 is 6.03 Å². The van der Waals surface area contributed by atoms with Crippen LogP contribution in [0.3, 0.4) is 0 Å². The van der Waals surface area contributed by atoms with Crippen LogP contribution in [-0.2, 0) is 11.3 Å². The van der Waals surface area contributed by atoms with E-state index in [1.807, 2.05) is 12.1 Å². The number of carbonyl (C=O) groups is 1. The van der Waals surface area contributed by atoms with E-state index in [0.717, 1.165) is 12.2 Å². The molecular formula is C17H20N2O3. The number of ether oxygens (including phenoxy) is 1. The number of nitrogens with one attached hydrogen (secondary N) is 2. The van der Waals surface area contributed by atoms with E-state index in [9.17, 15) is 4.79 Å². The van der Waals surface area contributed by atoms with Crippen LogP contribution in [0.1, 0.15) is 11.1 Å². The zero-order valence-corrected chi connectivity index (χ0v) is 12.8. The lowest BCUT2D eigenvalue weighted by Crippen LogP contribution is -2.27. The molecule has 2 aromatic rings. The smallest absolute Gasteiger partial charge is 0.343 e. The Morgan fingerprint density at radius 1 is 1.05 bits per heavy atom. The number of aryl methyl sites for hydroxylation is 1. The molecule has 0 atom stereocenters. The Labute approximate surface area is 130 Å². The van der Waals surface area contributed by atoms with E-state index in [4.69, 9.17) is 4.74 Å². The molecule has 0 saturated carbocycles. The van der Waals surface area contributed by atoms with Crippen LogP contribution in [0.4, 0.5) is 10.5 Å². The SMILES string of the molecule is CONC(=O)Nc1ccc(OCCc2ccc(C)cc2)cc1. The molecule has 0 aliphatic carbocycles. The van der Waals surface area contributed by atoms with Gasteiger partial charge in [0.05, 0.1) is 13.7 Å². The summed E-state index contributed by atoms with van der Waals surface area (Å²) in [6, 6.07) is 15.2. The first kappa shape index (κ1) is 15.9. The van der Waals surface area contributed by atoms with Gasteiger partial charge in [0.25, 0.3) is 0 Å². The summed E-state index contributed by atoms with van der Waals surface area (Å²) in [7, 11) is 1.38. The van der Waals surface area contributed by atoms with Crippen LogP contribution in [0, 0.1) is 6.92 Å². The molecule has 0 aromatic heterocycles. The van der Waals surface area contributed by atoms with Crippen molar-refractivity contribution in [3.63, 3.8) is 0 Å². The Kier molecular flexibility index (Phi) is 5.80. The molecular weight excluding hydrogens is 280 g/mol. The Bertz CT molecular complexity index is 594. The van der Waals surface area contributed by atoms with Crippen molar-refractivity contribution in [2.75, 3.05) is 19.0 Å². The molecule has 5 nitrogen and oxygen atoms in total. The maximum Gasteiger partial charge on any atom is 0.343 e. The van der Waals surface area contributed by atoms with E-state index in [1.54, 1.807) is 12.1 Å². The van der Waals surface area contributed by atoms with Gasteiger partial charge in [0.1, 0.15) is 5.75 Å². The molecule has 0 bridgehead atoms. The summed E-state index contributed by atoms with van der Waals surface area (Å²) in [4.78, 5) is 15.8. The summed E-state index contributed by atoms with van der Waals surface area (Å²) in [5.74, 6) is 0.768. The van der Waals surface area contributed by atoms with Crippen molar-refractivity contribution in [2.45, 2.75) is 13.3 Å². The van der Waals surface area contributed by atoms with E-state index in [2.05, 4.69) is 46.8 Å². The molecule has 2 amide bonds. The number of benzene rings is 2. The highest BCUT2D eigenvalue weighted by molar-refractivity contribution is 5.88. The lowest BCUT2D eigenvalue weighted by atomic mass is 10.1. The number of rotatable bonds is 6. The quantitative estimate of drug-likeness (QED) is 0.805. The number of carbonyl (C=O) groups excluding carboxylic acids is 1. The van der Waals surface area contributed by atoms with Crippen LogP contribution in [0.5, 0.6) is 5.75 Å². The number of urea groups is 1. The minimum absolute atomic E-state index is 0.421. The fourth-order valence-electron chi connectivity index (χ4n) is 1.93. The van der Waals surface area contributed by atoms with Gasteiger partial charge < -0.3 is 10.1 Å². The highest BCUT2D eigenvalue weighted by Gasteiger charge is 2.01. The molecule has 0 spiro atoms. The first-order valence-electron chi connectivity index (χ1n) is 7.06. The summed E-state index contributed by atoms with van der Waals surface area (Å²) < 4.78 is 5.69. The largest absolute Gasteiger partial charge is 0.493 e. The second-order valence-corrected chi connectivity index (χ2v) is 4.87. The van der Waals surface area contributed by atoms with E-state index in [1.165, 1.54) is 18.2 Å². The molecule has 0 aliphatic rings. The normalized spacial score (nSPS) is 10.1. The summed E-state index contributed by atoms with van der Waals surface area (Å²) in [6.07, 6.45) is 0.858. The van der Waals surface area contributed by atoms with Gasteiger partial charge in [0.2, 0.25) is 0 Å². The first-order chi connectivity index (χ1) is 10.7. The van der Waals surface area contributed by atoms with Crippen molar-refractivity contribution in [3.8, 4) is 5.75 Å². The third-order valence-corrected chi connectivity index (χ3v) is 3.09. The maximum atomic E-state index is 11.3. The van der Waals surface area contributed by atoms with E-state index in [-0.39, 0.29) is 0 Å². The molecule has 22 heavy (non-hydrogen) atoms. The molecule has 0 unspecified atom stereocenters. The van der Waals surface area contributed by atoms with Crippen LogP contribution in [0.15, 0.2) is 48.5 Å². The van der Waals surface area contributed by atoms with Gasteiger partial charge >= 0.3 is 6.03 Å². The zero-order chi connectivity index (χ0) is 15.8. The summed E-state index contributed by atoms with van der Waals surface area (Å²) in [6.45, 7) is 2.68. The van der Waals surface area contributed by atoms with Crippen LogP contribution < -0.4 is 15.5 Å². The molecule has 0 heterocycles. The average molecular weight is 300 g/mol. The number of hydrogen-bond acceptors (Lipinski definition) is 3. The fraction of sp³-hybridized carbons (Fsp3) is 0.235. The Hall–Kier alpha value is -2.53. The Morgan fingerprint density at radius 3 is 2.36 bits per heavy atom. The van der Waals surface area contributed by atoms with Crippen LogP contribution in [0.2, 0.25) is 0 Å². The minimum atomic E-state index is -0.421. The molecule has 116 valence electrons. The molecule has 2 aromatic carbocycles. The lowest BCUT2D eigenvalue weighted by Gasteiger charge is -2.08. The third kappa shape index (κ3) is 5.10. The molecule has 2 N–H and O–H groups in total. The van der Waals surface area contributed by atoms with Gasteiger partial charge in [-0.15, -0.1) is 0 Å². The molecule has 0 aliphatic heterocycles. The van der Waals surface area contributed by atoms with Gasteiger partial charge in [-0.2, -0.15) is 0 Å². The molecule has 0 saturated heterocycles. The third-order valence-electron chi connectivity index (χ3n) is 3.09. The summed E-state index contributed by atoms with van der Waals surface area (Å²) in [5, 5.41) is 2.63. The Balaban J connectivity index is 1.78. The summed E-state index contributed by atoms with van der Waals surface area (Å²) >= 11 is 0. The van der Waals surface area contributed by atoms with Gasteiger partial charge in [-0.25, -0.2) is 10.3 Å². The monoisotopic (exact) mass is 300 g/mol. The van der Waals surface area contributed by atoms with Gasteiger partial charge in [-0.3, -0.25) is 4.84 Å². The Morgan fingerprint density at radius 2 is 1.73 bits per heavy atom. The van der Waals surface area contributed by atoms with Crippen molar-refractivity contribution in [1.29, 1.82) is 0 Å². The zero-order valence-electron chi connectivity index (χ0n) is 12.8. The van der Waals surface area contributed by atoms with E-state index >= 15 is 0 Å². The van der Waals surface area contributed by atoms with Crippen LogP contribution >= 0.6 is 0 Å².